The molecule has 0 saturated heterocycles. The Kier molecular flexibility index (Phi) is 4.28. The minimum absolute atomic E-state index is 0.389. The Morgan fingerprint density at radius 1 is 1.28 bits per heavy atom. The second-order valence-electron chi connectivity index (χ2n) is 3.76. The van der Waals surface area contributed by atoms with Crippen LogP contribution in [0, 0.1) is 0 Å². The summed E-state index contributed by atoms with van der Waals surface area (Å²) in [4.78, 5) is 4.37. The van der Waals surface area contributed by atoms with E-state index in [1.165, 1.54) is 0 Å². The molecule has 2 rings (SSSR count). The summed E-state index contributed by atoms with van der Waals surface area (Å²) in [7, 11) is 0. The van der Waals surface area contributed by atoms with E-state index >= 15 is 0 Å². The average molecular weight is 322 g/mol. The highest BCUT2D eigenvalue weighted by Gasteiger charge is 2.05. The zero-order valence-electron chi connectivity index (χ0n) is 9.56. The molecule has 92 valence electrons. The van der Waals surface area contributed by atoms with Crippen molar-refractivity contribution in [3.05, 3.63) is 58.3 Å². The lowest BCUT2D eigenvalue weighted by molar-refractivity contribution is 1.12. The minimum Gasteiger partial charge on any atom is -0.389 e. The maximum absolute atomic E-state index is 5.70. The highest BCUT2D eigenvalue weighted by atomic mass is 79.9. The molecular formula is C13H12BrN3S. The molecule has 1 aromatic carbocycles. The van der Waals surface area contributed by atoms with Crippen molar-refractivity contribution in [1.82, 2.24) is 4.98 Å². The molecule has 0 saturated carbocycles. The van der Waals surface area contributed by atoms with Crippen molar-refractivity contribution in [2.45, 2.75) is 6.54 Å². The molecule has 0 radical (unpaired) electrons. The lowest BCUT2D eigenvalue weighted by atomic mass is 10.1. The van der Waals surface area contributed by atoms with Gasteiger partial charge in [0.2, 0.25) is 0 Å². The molecule has 1 aromatic heterocycles. The smallest absolute Gasteiger partial charge is 0.106 e. The number of halogens is 1. The quantitative estimate of drug-likeness (QED) is 0.850. The molecule has 0 spiro atoms. The second kappa shape index (κ2) is 5.93. The number of rotatable bonds is 4. The number of hydrogen-bond donors (Lipinski definition) is 2. The van der Waals surface area contributed by atoms with Gasteiger partial charge in [0.1, 0.15) is 4.99 Å². The maximum atomic E-state index is 5.70. The third-order valence-corrected chi connectivity index (χ3v) is 3.19. The maximum Gasteiger partial charge on any atom is 0.106 e. The van der Waals surface area contributed by atoms with Gasteiger partial charge in [0.05, 0.1) is 0 Å². The summed E-state index contributed by atoms with van der Waals surface area (Å²) in [5, 5.41) is 3.33. The first-order chi connectivity index (χ1) is 8.66. The molecule has 18 heavy (non-hydrogen) atoms. The third kappa shape index (κ3) is 3.27. The van der Waals surface area contributed by atoms with Crippen LogP contribution in [-0.4, -0.2) is 9.97 Å². The number of nitrogens with two attached hydrogens (primary N) is 1. The van der Waals surface area contributed by atoms with Gasteiger partial charge in [-0.05, 0) is 35.9 Å². The molecule has 1 heterocycles. The first-order valence-electron chi connectivity index (χ1n) is 5.39. The number of aromatic nitrogens is 1. The van der Waals surface area contributed by atoms with Crippen molar-refractivity contribution < 1.29 is 0 Å². The largest absolute Gasteiger partial charge is 0.389 e. The van der Waals surface area contributed by atoms with E-state index in [0.717, 1.165) is 21.3 Å². The van der Waals surface area contributed by atoms with Crippen LogP contribution in [0.25, 0.3) is 0 Å². The lowest BCUT2D eigenvalue weighted by Crippen LogP contribution is -2.13. The monoisotopic (exact) mass is 321 g/mol. The standard InChI is InChI=1S/C13H12BrN3S/c14-10-1-2-11(13(15)18)12(7-10)17-8-9-3-5-16-6-4-9/h1-7,17H,8H2,(H2,15,18). The Bertz CT molecular complexity index is 557. The van der Waals surface area contributed by atoms with E-state index in [1.807, 2.05) is 30.3 Å². The molecule has 0 aliphatic carbocycles. The molecule has 5 heteroatoms. The molecule has 3 nitrogen and oxygen atoms in total. The molecule has 3 N–H and O–H groups in total. The zero-order valence-corrected chi connectivity index (χ0v) is 12.0. The SMILES string of the molecule is NC(=S)c1ccc(Br)cc1NCc1ccncc1. The summed E-state index contributed by atoms with van der Waals surface area (Å²) >= 11 is 8.47. The molecule has 0 amide bonds. The number of hydrogen-bond acceptors (Lipinski definition) is 3. The van der Waals surface area contributed by atoms with Gasteiger partial charge in [-0.15, -0.1) is 0 Å². The summed E-state index contributed by atoms with van der Waals surface area (Å²) in [5.41, 5.74) is 8.63. The van der Waals surface area contributed by atoms with E-state index in [2.05, 4.69) is 26.2 Å². The van der Waals surface area contributed by atoms with Crippen molar-refractivity contribution in [2.75, 3.05) is 5.32 Å². The molecule has 0 aliphatic heterocycles. The fourth-order valence-electron chi connectivity index (χ4n) is 1.58. The zero-order chi connectivity index (χ0) is 13.0. The van der Waals surface area contributed by atoms with Crippen LogP contribution in [0.15, 0.2) is 47.2 Å². The van der Waals surface area contributed by atoms with Crippen molar-refractivity contribution in [3.8, 4) is 0 Å². The lowest BCUT2D eigenvalue weighted by Gasteiger charge is -2.11. The Balaban J connectivity index is 2.18. The van der Waals surface area contributed by atoms with Gasteiger partial charge in [-0.1, -0.05) is 28.1 Å². The predicted molar refractivity (Wildman–Crippen MR) is 81.6 cm³/mol. The highest BCUT2D eigenvalue weighted by molar-refractivity contribution is 9.10. The number of pyridine rings is 1. The number of benzene rings is 1. The van der Waals surface area contributed by atoms with Gasteiger partial charge < -0.3 is 11.1 Å². The molecule has 2 aromatic rings. The van der Waals surface area contributed by atoms with Crippen LogP contribution in [0.3, 0.4) is 0 Å². The number of thiocarbonyl (C=S) groups is 1. The summed E-state index contributed by atoms with van der Waals surface area (Å²) < 4.78 is 0.986. The third-order valence-electron chi connectivity index (χ3n) is 2.48. The van der Waals surface area contributed by atoms with Crippen molar-refractivity contribution >= 4 is 38.8 Å². The molecular weight excluding hydrogens is 310 g/mol. The fourth-order valence-corrected chi connectivity index (χ4v) is 2.11. The summed E-state index contributed by atoms with van der Waals surface area (Å²) in [6, 6.07) is 9.72. The van der Waals surface area contributed by atoms with Gasteiger partial charge in [0, 0.05) is 34.7 Å². The Morgan fingerprint density at radius 2 is 2.00 bits per heavy atom. The van der Waals surface area contributed by atoms with Crippen molar-refractivity contribution in [2.24, 2.45) is 5.73 Å². The average Bonchev–Trinajstić information content (AvgIpc) is 2.37. The molecule has 0 unspecified atom stereocenters. The topological polar surface area (TPSA) is 50.9 Å². The van der Waals surface area contributed by atoms with E-state index in [9.17, 15) is 0 Å². The summed E-state index contributed by atoms with van der Waals surface area (Å²) in [5.74, 6) is 0. The highest BCUT2D eigenvalue weighted by Crippen LogP contribution is 2.22. The number of nitrogens with one attached hydrogen (secondary N) is 1. The van der Waals surface area contributed by atoms with Gasteiger partial charge in [0.15, 0.2) is 0 Å². The van der Waals surface area contributed by atoms with Crippen LogP contribution in [0.5, 0.6) is 0 Å². The normalized spacial score (nSPS) is 10.1. The van der Waals surface area contributed by atoms with Crippen molar-refractivity contribution in [1.29, 1.82) is 0 Å². The van der Waals surface area contributed by atoms with E-state index in [1.54, 1.807) is 12.4 Å². The van der Waals surface area contributed by atoms with Gasteiger partial charge in [-0.2, -0.15) is 0 Å². The predicted octanol–water partition coefficient (Wildman–Crippen LogP) is 3.09. The number of nitrogens with zero attached hydrogens (tertiary/aromatic N) is 1. The summed E-state index contributed by atoms with van der Waals surface area (Å²) in [6.45, 7) is 0.703. The van der Waals surface area contributed by atoms with Crippen LogP contribution in [0.4, 0.5) is 5.69 Å². The Morgan fingerprint density at radius 3 is 2.67 bits per heavy atom. The Hall–Kier alpha value is -1.46. The minimum atomic E-state index is 0.389. The van der Waals surface area contributed by atoms with E-state index in [0.29, 0.717) is 11.5 Å². The fraction of sp³-hybridized carbons (Fsp3) is 0.0769. The number of anilines is 1. The van der Waals surface area contributed by atoms with Gasteiger partial charge in [-0.25, -0.2) is 0 Å². The first kappa shape index (κ1) is 13.0. The van der Waals surface area contributed by atoms with E-state index in [4.69, 9.17) is 18.0 Å². The van der Waals surface area contributed by atoms with Crippen LogP contribution >= 0.6 is 28.1 Å². The second-order valence-corrected chi connectivity index (χ2v) is 5.12. The van der Waals surface area contributed by atoms with Crippen LogP contribution in [0.1, 0.15) is 11.1 Å². The molecule has 0 fully saturated rings. The van der Waals surface area contributed by atoms with Gasteiger partial charge in [0.25, 0.3) is 0 Å². The molecule has 0 bridgehead atoms. The van der Waals surface area contributed by atoms with E-state index < -0.39 is 0 Å². The van der Waals surface area contributed by atoms with Crippen LogP contribution < -0.4 is 11.1 Å². The first-order valence-corrected chi connectivity index (χ1v) is 6.59. The van der Waals surface area contributed by atoms with Crippen LogP contribution in [-0.2, 0) is 6.54 Å². The van der Waals surface area contributed by atoms with E-state index in [-0.39, 0.29) is 0 Å². The molecule has 0 atom stereocenters. The van der Waals surface area contributed by atoms with Gasteiger partial charge in [-0.3, -0.25) is 4.98 Å². The van der Waals surface area contributed by atoms with Gasteiger partial charge >= 0.3 is 0 Å². The van der Waals surface area contributed by atoms with Crippen LogP contribution in [0.2, 0.25) is 0 Å². The summed E-state index contributed by atoms with van der Waals surface area (Å²) in [6.07, 6.45) is 3.54. The van der Waals surface area contributed by atoms with Crippen molar-refractivity contribution in [3.63, 3.8) is 0 Å². The molecule has 0 aliphatic rings. The Labute approximate surface area is 120 Å².